The Morgan fingerprint density at radius 1 is 0.389 bits per heavy atom. The molecule has 0 aliphatic rings. The van der Waals surface area contributed by atoms with E-state index in [1.54, 1.807) is 6.08 Å². The zero-order valence-electron chi connectivity index (χ0n) is 48.4. The second-order valence-corrected chi connectivity index (χ2v) is 22.1. The number of unbranched alkanes of at least 4 members (excludes halogenated alkanes) is 45. The van der Waals surface area contributed by atoms with Gasteiger partial charge in [-0.2, -0.15) is 0 Å². The zero-order chi connectivity index (χ0) is 52.2. The van der Waals surface area contributed by atoms with Gasteiger partial charge in [0.2, 0.25) is 5.91 Å². The average molecular weight is 1010 g/mol. The summed E-state index contributed by atoms with van der Waals surface area (Å²) in [5.74, 6) is -0.0593. The number of allylic oxidation sites excluding steroid dienone is 5. The molecule has 0 saturated carbocycles. The van der Waals surface area contributed by atoms with Crippen molar-refractivity contribution in [3.05, 3.63) is 36.5 Å². The van der Waals surface area contributed by atoms with Crippen LogP contribution in [0, 0.1) is 0 Å². The molecule has 0 aromatic rings. The quantitative estimate of drug-likeness (QED) is 0.0320. The third-order valence-corrected chi connectivity index (χ3v) is 14.9. The summed E-state index contributed by atoms with van der Waals surface area (Å²) in [6.45, 7) is 4.85. The minimum atomic E-state index is -0.839. The van der Waals surface area contributed by atoms with Crippen LogP contribution in [0.1, 0.15) is 348 Å². The Bertz CT molecular complexity index is 1170. The Balaban J connectivity index is 3.30. The highest BCUT2D eigenvalue weighted by molar-refractivity contribution is 5.76. The predicted octanol–water partition coefficient (Wildman–Crippen LogP) is 20.4. The lowest BCUT2D eigenvalue weighted by molar-refractivity contribution is -0.143. The van der Waals surface area contributed by atoms with Crippen LogP contribution in [0.5, 0.6) is 0 Å². The molecule has 1 amide bonds. The molecule has 0 spiro atoms. The number of aliphatic hydroxyl groups excluding tert-OH is 2. The highest BCUT2D eigenvalue weighted by Gasteiger charge is 2.18. The number of carbonyl (C=O) groups is 2. The molecule has 0 radical (unpaired) electrons. The molecule has 0 aliphatic heterocycles. The molecule has 6 nitrogen and oxygen atoms in total. The molecule has 0 aromatic heterocycles. The Morgan fingerprint density at radius 3 is 1.10 bits per heavy atom. The van der Waals surface area contributed by atoms with Crippen LogP contribution < -0.4 is 5.32 Å². The van der Waals surface area contributed by atoms with E-state index in [9.17, 15) is 19.8 Å². The van der Waals surface area contributed by atoms with Gasteiger partial charge in [0, 0.05) is 12.8 Å². The maximum absolute atomic E-state index is 12.4. The van der Waals surface area contributed by atoms with Crippen molar-refractivity contribution in [2.24, 2.45) is 0 Å². The summed E-state index contributed by atoms with van der Waals surface area (Å²) in [5, 5.41) is 23.0. The molecule has 0 fully saturated rings. The van der Waals surface area contributed by atoms with E-state index in [0.717, 1.165) is 51.4 Å². The fourth-order valence-corrected chi connectivity index (χ4v) is 9.95. The number of rotatable bonds is 60. The molecule has 0 aliphatic carbocycles. The van der Waals surface area contributed by atoms with Crippen LogP contribution in [-0.2, 0) is 14.3 Å². The molecule has 0 saturated heterocycles. The fraction of sp³-hybridized carbons (Fsp3) is 0.879. The van der Waals surface area contributed by atoms with Crippen molar-refractivity contribution in [1.82, 2.24) is 5.32 Å². The Hall–Kier alpha value is -1.92. The van der Waals surface area contributed by atoms with E-state index in [4.69, 9.17) is 4.74 Å². The van der Waals surface area contributed by atoms with Crippen molar-refractivity contribution in [2.75, 3.05) is 13.2 Å². The number of hydrogen-bond donors (Lipinski definition) is 3. The second kappa shape index (κ2) is 61.6. The Kier molecular flexibility index (Phi) is 60.0. The molecule has 2 unspecified atom stereocenters. The lowest BCUT2D eigenvalue weighted by Gasteiger charge is -2.20. The molecular weight excluding hydrogens is 887 g/mol. The van der Waals surface area contributed by atoms with E-state index in [-0.39, 0.29) is 18.5 Å². The van der Waals surface area contributed by atoms with E-state index >= 15 is 0 Å². The van der Waals surface area contributed by atoms with E-state index in [1.165, 1.54) is 270 Å². The predicted molar refractivity (Wildman–Crippen MR) is 315 cm³/mol. The SMILES string of the molecule is CCCC/C=C\C/C=C\CCCCCCCC(=O)OCCCCCCCCCCCCCCCCCCCCCCCCCCCCCCCCCCC(=O)NC(CO)C(O)/C=C/CCCCCCCCC. The maximum atomic E-state index is 12.4. The molecule has 2 atom stereocenters. The van der Waals surface area contributed by atoms with Crippen molar-refractivity contribution >= 4 is 11.9 Å². The summed E-state index contributed by atoms with van der Waals surface area (Å²) in [5.41, 5.74) is 0. The molecule has 0 aromatic carbocycles. The van der Waals surface area contributed by atoms with E-state index in [1.807, 2.05) is 6.08 Å². The summed E-state index contributed by atoms with van der Waals surface area (Å²) in [7, 11) is 0. The zero-order valence-corrected chi connectivity index (χ0v) is 48.4. The molecule has 3 N–H and O–H groups in total. The first-order valence-corrected chi connectivity index (χ1v) is 32.3. The minimum Gasteiger partial charge on any atom is -0.466 e. The van der Waals surface area contributed by atoms with Crippen LogP contribution in [0.15, 0.2) is 36.5 Å². The van der Waals surface area contributed by atoms with Crippen LogP contribution in [0.3, 0.4) is 0 Å². The number of hydrogen-bond acceptors (Lipinski definition) is 5. The summed E-state index contributed by atoms with van der Waals surface area (Å²) < 4.78 is 5.48. The van der Waals surface area contributed by atoms with Crippen molar-refractivity contribution in [3.8, 4) is 0 Å². The monoisotopic (exact) mass is 1010 g/mol. The van der Waals surface area contributed by atoms with Gasteiger partial charge in [0.15, 0.2) is 0 Å². The van der Waals surface area contributed by atoms with Crippen LogP contribution >= 0.6 is 0 Å². The summed E-state index contributed by atoms with van der Waals surface area (Å²) in [4.78, 5) is 24.4. The normalized spacial score (nSPS) is 12.8. The van der Waals surface area contributed by atoms with Gasteiger partial charge in [0.1, 0.15) is 0 Å². The molecular formula is C66H125NO5. The standard InChI is InChI=1S/C66H125NO5/c1-3-5-7-9-11-13-14-15-37-40-44-48-52-56-60-66(71)72-61-57-53-49-45-41-38-35-33-31-29-27-25-23-21-19-17-16-18-20-22-24-26-28-30-32-34-36-39-43-47-51-55-59-65(70)67-63(62-68)64(69)58-54-50-46-42-12-10-8-6-4-2/h9,11,14-15,54,58,63-64,68-69H,3-8,10,12-13,16-53,55-57,59-62H2,1-2H3,(H,67,70)/b11-9-,15-14-,58-54+. The first-order chi connectivity index (χ1) is 35.5. The smallest absolute Gasteiger partial charge is 0.305 e. The average Bonchev–Trinajstić information content (AvgIpc) is 3.38. The molecule has 424 valence electrons. The lowest BCUT2D eigenvalue weighted by Crippen LogP contribution is -2.45. The number of aliphatic hydroxyl groups is 2. The van der Waals surface area contributed by atoms with Crippen LogP contribution in [0.2, 0.25) is 0 Å². The number of ether oxygens (including phenoxy) is 1. The third-order valence-electron chi connectivity index (χ3n) is 14.9. The summed E-state index contributed by atoms with van der Waals surface area (Å²) in [6.07, 6.45) is 78.0. The van der Waals surface area contributed by atoms with E-state index < -0.39 is 12.1 Å². The summed E-state index contributed by atoms with van der Waals surface area (Å²) in [6, 6.07) is -0.622. The highest BCUT2D eigenvalue weighted by Crippen LogP contribution is 2.18. The van der Waals surface area contributed by atoms with Gasteiger partial charge in [-0.05, 0) is 57.8 Å². The van der Waals surface area contributed by atoms with Crippen molar-refractivity contribution < 1.29 is 24.5 Å². The third kappa shape index (κ3) is 57.4. The van der Waals surface area contributed by atoms with Crippen molar-refractivity contribution in [3.63, 3.8) is 0 Å². The maximum Gasteiger partial charge on any atom is 0.305 e. The molecule has 72 heavy (non-hydrogen) atoms. The van der Waals surface area contributed by atoms with Gasteiger partial charge < -0.3 is 20.3 Å². The minimum absolute atomic E-state index is 0.00610. The highest BCUT2D eigenvalue weighted by atomic mass is 16.5. The summed E-state index contributed by atoms with van der Waals surface area (Å²) >= 11 is 0. The Morgan fingerprint density at radius 2 is 0.708 bits per heavy atom. The van der Waals surface area contributed by atoms with Crippen molar-refractivity contribution in [2.45, 2.75) is 360 Å². The first kappa shape index (κ1) is 70.1. The Labute approximate surface area is 449 Å². The van der Waals surface area contributed by atoms with E-state index in [2.05, 4.69) is 43.5 Å². The molecule has 0 rings (SSSR count). The first-order valence-electron chi connectivity index (χ1n) is 32.3. The van der Waals surface area contributed by atoms with Gasteiger partial charge in [-0.3, -0.25) is 9.59 Å². The topological polar surface area (TPSA) is 95.9 Å². The lowest BCUT2D eigenvalue weighted by atomic mass is 10.0. The second-order valence-electron chi connectivity index (χ2n) is 22.1. The van der Waals surface area contributed by atoms with E-state index in [0.29, 0.717) is 19.4 Å². The number of amides is 1. The van der Waals surface area contributed by atoms with Gasteiger partial charge in [-0.25, -0.2) is 0 Å². The van der Waals surface area contributed by atoms with Crippen LogP contribution in [0.25, 0.3) is 0 Å². The number of esters is 1. The van der Waals surface area contributed by atoms with Crippen molar-refractivity contribution in [1.29, 1.82) is 0 Å². The van der Waals surface area contributed by atoms with Gasteiger partial charge in [0.25, 0.3) is 0 Å². The molecule has 6 heteroatoms. The van der Waals surface area contributed by atoms with Gasteiger partial charge in [0.05, 0.1) is 25.4 Å². The number of nitrogens with one attached hydrogen (secondary N) is 1. The van der Waals surface area contributed by atoms with Crippen LogP contribution in [0.4, 0.5) is 0 Å². The van der Waals surface area contributed by atoms with Crippen LogP contribution in [-0.4, -0.2) is 47.4 Å². The number of carbonyl (C=O) groups excluding carboxylic acids is 2. The fourth-order valence-electron chi connectivity index (χ4n) is 9.95. The van der Waals surface area contributed by atoms with Gasteiger partial charge in [-0.1, -0.05) is 314 Å². The largest absolute Gasteiger partial charge is 0.466 e. The molecule has 0 heterocycles. The van der Waals surface area contributed by atoms with Gasteiger partial charge >= 0.3 is 5.97 Å². The van der Waals surface area contributed by atoms with Gasteiger partial charge in [-0.15, -0.1) is 0 Å². The molecule has 0 bridgehead atoms.